The van der Waals surface area contributed by atoms with Crippen molar-refractivity contribution in [2.24, 2.45) is 0 Å². The van der Waals surface area contributed by atoms with E-state index in [1.807, 2.05) is 24.3 Å². The summed E-state index contributed by atoms with van der Waals surface area (Å²) in [6.07, 6.45) is 8.18. The molecule has 2 atom stereocenters. The highest BCUT2D eigenvalue weighted by atomic mass is 16.7. The average Bonchev–Trinajstić information content (AvgIpc) is 3.07. The zero-order chi connectivity index (χ0) is 15.9. The van der Waals surface area contributed by atoms with E-state index in [0.717, 1.165) is 62.7 Å². The SMILES string of the molecule is COc1ccc(C23CCCCC2(C(=O)OC2CCCC2)O3)cc1. The van der Waals surface area contributed by atoms with Crippen LogP contribution in [0.2, 0.25) is 0 Å². The van der Waals surface area contributed by atoms with Crippen molar-refractivity contribution in [1.29, 1.82) is 0 Å². The van der Waals surface area contributed by atoms with E-state index in [2.05, 4.69) is 0 Å². The van der Waals surface area contributed by atoms with Crippen LogP contribution in [0.15, 0.2) is 24.3 Å². The van der Waals surface area contributed by atoms with Gasteiger partial charge in [-0.3, -0.25) is 0 Å². The molecule has 1 aromatic carbocycles. The van der Waals surface area contributed by atoms with Gasteiger partial charge in [0.2, 0.25) is 0 Å². The molecular weight excluding hydrogens is 292 g/mol. The molecule has 0 radical (unpaired) electrons. The third-order valence-corrected chi connectivity index (χ3v) is 5.73. The average molecular weight is 316 g/mol. The lowest BCUT2D eigenvalue weighted by Crippen LogP contribution is -2.38. The Kier molecular flexibility index (Phi) is 3.60. The molecule has 2 unspecified atom stereocenters. The second kappa shape index (κ2) is 5.52. The van der Waals surface area contributed by atoms with Crippen LogP contribution in [-0.4, -0.2) is 24.8 Å². The fraction of sp³-hybridized carbons (Fsp3) is 0.632. The zero-order valence-electron chi connectivity index (χ0n) is 13.7. The topological polar surface area (TPSA) is 48.1 Å². The van der Waals surface area contributed by atoms with Crippen LogP contribution in [0.3, 0.4) is 0 Å². The Balaban J connectivity index is 1.58. The Hall–Kier alpha value is -1.55. The number of methoxy groups -OCH3 is 1. The van der Waals surface area contributed by atoms with E-state index < -0.39 is 11.2 Å². The van der Waals surface area contributed by atoms with Gasteiger partial charge in [-0.2, -0.15) is 0 Å². The minimum atomic E-state index is -0.748. The van der Waals surface area contributed by atoms with Gasteiger partial charge in [-0.25, -0.2) is 4.79 Å². The third kappa shape index (κ3) is 2.26. The van der Waals surface area contributed by atoms with Gasteiger partial charge in [-0.05, 0) is 69.1 Å². The minimum absolute atomic E-state index is 0.0940. The fourth-order valence-corrected chi connectivity index (χ4v) is 4.38. The lowest BCUT2D eigenvalue weighted by Gasteiger charge is -2.25. The van der Waals surface area contributed by atoms with Gasteiger partial charge in [0, 0.05) is 0 Å². The molecule has 23 heavy (non-hydrogen) atoms. The van der Waals surface area contributed by atoms with Gasteiger partial charge >= 0.3 is 5.97 Å². The summed E-state index contributed by atoms with van der Waals surface area (Å²) in [4.78, 5) is 12.8. The first-order valence-electron chi connectivity index (χ1n) is 8.76. The highest BCUT2D eigenvalue weighted by Crippen LogP contribution is 2.64. The quantitative estimate of drug-likeness (QED) is 0.627. The monoisotopic (exact) mass is 316 g/mol. The zero-order valence-corrected chi connectivity index (χ0v) is 13.7. The molecule has 2 saturated carbocycles. The van der Waals surface area contributed by atoms with Crippen molar-refractivity contribution >= 4 is 5.97 Å². The lowest BCUT2D eigenvalue weighted by atomic mass is 9.75. The predicted molar refractivity (Wildman–Crippen MR) is 85.3 cm³/mol. The molecule has 0 N–H and O–H groups in total. The van der Waals surface area contributed by atoms with Gasteiger partial charge in [-0.15, -0.1) is 0 Å². The van der Waals surface area contributed by atoms with Crippen molar-refractivity contribution in [3.8, 4) is 5.75 Å². The third-order valence-electron chi connectivity index (χ3n) is 5.73. The minimum Gasteiger partial charge on any atom is -0.497 e. The van der Waals surface area contributed by atoms with E-state index in [-0.39, 0.29) is 12.1 Å². The van der Waals surface area contributed by atoms with Crippen LogP contribution in [0.4, 0.5) is 0 Å². The van der Waals surface area contributed by atoms with E-state index in [9.17, 15) is 4.79 Å². The first-order valence-corrected chi connectivity index (χ1v) is 8.76. The van der Waals surface area contributed by atoms with Crippen molar-refractivity contribution in [2.75, 3.05) is 7.11 Å². The largest absolute Gasteiger partial charge is 0.497 e. The van der Waals surface area contributed by atoms with Gasteiger partial charge in [-0.1, -0.05) is 12.1 Å². The highest BCUT2D eigenvalue weighted by molar-refractivity contribution is 5.86. The van der Waals surface area contributed by atoms with E-state index >= 15 is 0 Å². The normalized spacial score (nSPS) is 33.1. The summed E-state index contributed by atoms with van der Waals surface area (Å²) >= 11 is 0. The molecule has 3 fully saturated rings. The van der Waals surface area contributed by atoms with Crippen molar-refractivity contribution in [2.45, 2.75) is 68.7 Å². The summed E-state index contributed by atoms with van der Waals surface area (Å²) in [7, 11) is 1.66. The van der Waals surface area contributed by atoms with Crippen LogP contribution >= 0.6 is 0 Å². The highest BCUT2D eigenvalue weighted by Gasteiger charge is 2.76. The van der Waals surface area contributed by atoms with E-state index in [1.54, 1.807) is 7.11 Å². The Morgan fingerprint density at radius 3 is 2.48 bits per heavy atom. The maximum Gasteiger partial charge on any atom is 0.342 e. The maximum absolute atomic E-state index is 12.8. The van der Waals surface area contributed by atoms with Crippen LogP contribution in [-0.2, 0) is 19.9 Å². The molecule has 3 aliphatic rings. The number of hydrogen-bond acceptors (Lipinski definition) is 4. The van der Waals surface area contributed by atoms with Crippen molar-refractivity contribution in [3.63, 3.8) is 0 Å². The Morgan fingerprint density at radius 2 is 1.78 bits per heavy atom. The fourth-order valence-electron chi connectivity index (χ4n) is 4.38. The van der Waals surface area contributed by atoms with Crippen molar-refractivity contribution in [1.82, 2.24) is 0 Å². The Morgan fingerprint density at radius 1 is 1.09 bits per heavy atom. The van der Waals surface area contributed by atoms with Crippen LogP contribution in [0, 0.1) is 0 Å². The number of rotatable bonds is 4. The molecule has 0 amide bonds. The molecule has 2 aliphatic carbocycles. The van der Waals surface area contributed by atoms with Crippen LogP contribution < -0.4 is 4.74 Å². The van der Waals surface area contributed by atoms with Gasteiger partial charge in [0.15, 0.2) is 5.60 Å². The lowest BCUT2D eigenvalue weighted by molar-refractivity contribution is -0.156. The number of fused-ring (bicyclic) bond motifs is 1. The van der Waals surface area contributed by atoms with Gasteiger partial charge in [0.1, 0.15) is 17.5 Å². The second-order valence-electron chi connectivity index (χ2n) is 7.00. The molecule has 1 aromatic rings. The van der Waals surface area contributed by atoms with E-state index in [0.29, 0.717) is 0 Å². The summed E-state index contributed by atoms with van der Waals surface area (Å²) in [6.45, 7) is 0. The first-order chi connectivity index (χ1) is 11.2. The number of epoxide rings is 1. The number of ether oxygens (including phenoxy) is 3. The van der Waals surface area contributed by atoms with Gasteiger partial charge in [0.05, 0.1) is 7.11 Å². The summed E-state index contributed by atoms with van der Waals surface area (Å²) in [5.41, 5.74) is -0.156. The number of carbonyl (C=O) groups excluding carboxylic acids is 1. The molecule has 0 aromatic heterocycles. The molecule has 1 heterocycles. The summed E-state index contributed by atoms with van der Waals surface area (Å²) in [5.74, 6) is 0.681. The van der Waals surface area contributed by atoms with Crippen LogP contribution in [0.5, 0.6) is 5.75 Å². The predicted octanol–water partition coefficient (Wildman–Crippen LogP) is 3.72. The number of benzene rings is 1. The van der Waals surface area contributed by atoms with Gasteiger partial charge < -0.3 is 14.2 Å². The Bertz CT molecular complexity index is 590. The van der Waals surface area contributed by atoms with Crippen LogP contribution in [0.1, 0.15) is 56.9 Å². The van der Waals surface area contributed by atoms with E-state index in [4.69, 9.17) is 14.2 Å². The molecule has 4 rings (SSSR count). The number of hydrogen-bond donors (Lipinski definition) is 0. The second-order valence-corrected chi connectivity index (χ2v) is 7.00. The molecule has 0 bridgehead atoms. The molecule has 4 heteroatoms. The smallest absolute Gasteiger partial charge is 0.342 e. The summed E-state index contributed by atoms with van der Waals surface area (Å²) in [6, 6.07) is 7.92. The maximum atomic E-state index is 12.8. The van der Waals surface area contributed by atoms with Crippen LogP contribution in [0.25, 0.3) is 0 Å². The standard InChI is InChI=1S/C19H24O4/c1-21-15-10-8-14(9-11-15)18-12-4-5-13-19(18,23-18)17(20)22-16-6-2-3-7-16/h8-11,16H,2-7,12-13H2,1H3. The molecule has 124 valence electrons. The Labute approximate surface area is 137 Å². The summed E-state index contributed by atoms with van der Waals surface area (Å²) < 4.78 is 17.2. The molecule has 1 aliphatic heterocycles. The molecule has 1 saturated heterocycles. The number of esters is 1. The molecular formula is C19H24O4. The van der Waals surface area contributed by atoms with Crippen molar-refractivity contribution in [3.05, 3.63) is 29.8 Å². The first kappa shape index (κ1) is 15.0. The summed E-state index contributed by atoms with van der Waals surface area (Å²) in [5, 5.41) is 0. The molecule has 4 nitrogen and oxygen atoms in total. The van der Waals surface area contributed by atoms with Crippen molar-refractivity contribution < 1.29 is 19.0 Å². The van der Waals surface area contributed by atoms with Gasteiger partial charge in [0.25, 0.3) is 0 Å². The molecule has 0 spiro atoms. The number of carbonyl (C=O) groups is 1. The van der Waals surface area contributed by atoms with E-state index in [1.165, 1.54) is 0 Å².